The summed E-state index contributed by atoms with van der Waals surface area (Å²) in [4.78, 5) is 14.5. The van der Waals surface area contributed by atoms with Crippen molar-refractivity contribution >= 4 is 28.4 Å². The quantitative estimate of drug-likeness (QED) is 0.345. The van der Waals surface area contributed by atoms with Gasteiger partial charge < -0.3 is 29.8 Å². The first kappa shape index (κ1) is 22.8. The highest BCUT2D eigenvalue weighted by molar-refractivity contribution is 5.88. The molecule has 4 aromatic rings. The van der Waals surface area contributed by atoms with Crippen LogP contribution in [0, 0.1) is 0 Å². The van der Waals surface area contributed by atoms with E-state index in [2.05, 4.69) is 9.88 Å². The number of methoxy groups -OCH3 is 3. The maximum Gasteiger partial charge on any atom is 0.203 e. The Balaban J connectivity index is 1.65. The van der Waals surface area contributed by atoms with E-state index in [1.54, 1.807) is 21.3 Å². The molecule has 3 N–H and O–H groups in total. The van der Waals surface area contributed by atoms with Crippen LogP contribution in [-0.4, -0.2) is 40.8 Å². The maximum atomic E-state index is 6.06. The third kappa shape index (κ3) is 4.41. The molecular weight excluding hydrogens is 444 g/mol. The van der Waals surface area contributed by atoms with Crippen LogP contribution in [0.5, 0.6) is 17.2 Å². The number of hydrogen-bond donors (Lipinski definition) is 2. The zero-order chi connectivity index (χ0) is 24.4. The average molecular weight is 475 g/mol. The van der Waals surface area contributed by atoms with Crippen molar-refractivity contribution in [3.63, 3.8) is 0 Å². The molecule has 0 aliphatic heterocycles. The number of hydrogen-bond acceptors (Lipinski definition) is 8. The third-order valence-electron chi connectivity index (χ3n) is 6.46. The average Bonchev–Trinajstić information content (AvgIpc) is 3.33. The Morgan fingerprint density at radius 1 is 0.943 bits per heavy atom. The number of nitrogens with two attached hydrogens (primary N) is 1. The molecule has 1 aliphatic rings. The normalized spacial score (nSPS) is 14.1. The monoisotopic (exact) mass is 474 g/mol. The first-order valence-corrected chi connectivity index (χ1v) is 11.8. The van der Waals surface area contributed by atoms with E-state index in [1.165, 1.54) is 19.3 Å². The van der Waals surface area contributed by atoms with Crippen molar-refractivity contribution < 1.29 is 14.2 Å². The van der Waals surface area contributed by atoms with E-state index in [-0.39, 0.29) is 0 Å². The van der Waals surface area contributed by atoms with Crippen LogP contribution in [0.15, 0.2) is 42.7 Å². The minimum atomic E-state index is 0.381. The number of imidazole rings is 1. The molecule has 2 aromatic carbocycles. The van der Waals surface area contributed by atoms with Crippen molar-refractivity contribution in [3.05, 3.63) is 42.7 Å². The van der Waals surface area contributed by atoms with Crippen LogP contribution in [-0.2, 0) is 0 Å². The molecule has 9 heteroatoms. The van der Waals surface area contributed by atoms with Gasteiger partial charge in [-0.3, -0.25) is 0 Å². The van der Waals surface area contributed by atoms with Gasteiger partial charge in [-0.25, -0.2) is 15.0 Å². The van der Waals surface area contributed by atoms with Crippen LogP contribution in [0.2, 0.25) is 0 Å². The summed E-state index contributed by atoms with van der Waals surface area (Å²) in [6.07, 6.45) is 7.85. The lowest BCUT2D eigenvalue weighted by Crippen LogP contribution is -2.12. The van der Waals surface area contributed by atoms with E-state index in [0.717, 1.165) is 29.7 Å². The minimum Gasteiger partial charge on any atom is -0.493 e. The highest BCUT2D eigenvalue weighted by Crippen LogP contribution is 2.41. The van der Waals surface area contributed by atoms with Crippen LogP contribution < -0.4 is 25.3 Å². The molecule has 0 amide bonds. The Morgan fingerprint density at radius 2 is 1.69 bits per heavy atom. The van der Waals surface area contributed by atoms with E-state index in [4.69, 9.17) is 34.9 Å². The predicted molar refractivity (Wildman–Crippen MR) is 137 cm³/mol. The van der Waals surface area contributed by atoms with Crippen molar-refractivity contribution in [2.24, 2.45) is 0 Å². The first-order valence-electron chi connectivity index (χ1n) is 11.8. The number of rotatable bonds is 7. The lowest BCUT2D eigenvalue weighted by atomic mass is 9.95. The van der Waals surface area contributed by atoms with Gasteiger partial charge in [-0.15, -0.1) is 0 Å². The smallest absolute Gasteiger partial charge is 0.203 e. The lowest BCUT2D eigenvalue weighted by molar-refractivity contribution is 0.324. The summed E-state index contributed by atoms with van der Waals surface area (Å²) in [6, 6.07) is 11.7. The molecule has 1 fully saturated rings. The highest BCUT2D eigenvalue weighted by Gasteiger charge is 2.22. The summed E-state index contributed by atoms with van der Waals surface area (Å²) in [5, 5.41) is 3.41. The molecule has 2 aromatic heterocycles. The molecule has 2 heterocycles. The number of nitrogens with one attached hydrogen (secondary N) is 1. The van der Waals surface area contributed by atoms with Gasteiger partial charge in [0.1, 0.15) is 0 Å². The largest absolute Gasteiger partial charge is 0.493 e. The molecule has 1 saturated carbocycles. The van der Waals surface area contributed by atoms with Crippen LogP contribution in [0.1, 0.15) is 38.1 Å². The fourth-order valence-electron chi connectivity index (χ4n) is 4.73. The van der Waals surface area contributed by atoms with E-state index in [9.17, 15) is 0 Å². The molecule has 0 unspecified atom stereocenters. The number of anilines is 3. The van der Waals surface area contributed by atoms with Crippen molar-refractivity contribution in [2.75, 3.05) is 32.4 Å². The minimum absolute atomic E-state index is 0.381. The molecule has 0 bridgehead atoms. The molecule has 5 rings (SSSR count). The molecule has 0 spiro atoms. The van der Waals surface area contributed by atoms with E-state index in [1.807, 2.05) is 42.7 Å². The summed E-state index contributed by atoms with van der Waals surface area (Å²) in [7, 11) is 4.76. The number of benzene rings is 2. The van der Waals surface area contributed by atoms with E-state index < -0.39 is 0 Å². The Morgan fingerprint density at radius 3 is 2.34 bits per heavy atom. The number of nitrogens with zero attached hydrogens (tertiary/aromatic N) is 4. The fourth-order valence-corrected chi connectivity index (χ4v) is 4.73. The van der Waals surface area contributed by atoms with Gasteiger partial charge in [0.25, 0.3) is 0 Å². The van der Waals surface area contributed by atoms with Crippen molar-refractivity contribution in [1.29, 1.82) is 0 Å². The molecule has 9 nitrogen and oxygen atoms in total. The van der Waals surface area contributed by atoms with Crippen LogP contribution in [0.3, 0.4) is 0 Å². The summed E-state index contributed by atoms with van der Waals surface area (Å²) in [5.74, 6) is 2.79. The van der Waals surface area contributed by atoms with Crippen molar-refractivity contribution in [2.45, 2.75) is 38.1 Å². The molecule has 0 saturated heterocycles. The molecule has 182 valence electrons. The highest BCUT2D eigenvalue weighted by atomic mass is 16.5. The second kappa shape index (κ2) is 9.69. The molecule has 0 radical (unpaired) electrons. The van der Waals surface area contributed by atoms with Gasteiger partial charge in [0.05, 0.1) is 27.7 Å². The zero-order valence-electron chi connectivity index (χ0n) is 20.2. The van der Waals surface area contributed by atoms with Gasteiger partial charge in [0.15, 0.2) is 34.3 Å². The molecule has 35 heavy (non-hydrogen) atoms. The number of fused-ring (bicyclic) bond motifs is 1. The standard InChI is InChI=1S/C26H30N6O3/c1-33-20-13-18(14-21(34-2)23(20)35-3)29-25-22-26(32(15-28-22)19-10-5-4-6-11-19)31-24(30-25)16-8-7-9-17(27)12-16/h7-9,12-15,19H,4-6,10-11,27H2,1-3H3,(H,29,30,31). The molecule has 1 aliphatic carbocycles. The van der Waals surface area contributed by atoms with Gasteiger partial charge in [0, 0.05) is 35.1 Å². The summed E-state index contributed by atoms with van der Waals surface area (Å²) in [6.45, 7) is 0. The first-order chi connectivity index (χ1) is 17.1. The number of ether oxygens (including phenoxy) is 3. The summed E-state index contributed by atoms with van der Waals surface area (Å²) >= 11 is 0. The van der Waals surface area contributed by atoms with E-state index >= 15 is 0 Å². The van der Waals surface area contributed by atoms with E-state index in [0.29, 0.717) is 46.1 Å². The van der Waals surface area contributed by atoms with Crippen molar-refractivity contribution in [1.82, 2.24) is 19.5 Å². The summed E-state index contributed by atoms with van der Waals surface area (Å²) in [5.41, 5.74) is 9.80. The van der Waals surface area contributed by atoms with Gasteiger partial charge in [-0.05, 0) is 25.0 Å². The van der Waals surface area contributed by atoms with Crippen LogP contribution in [0.4, 0.5) is 17.2 Å². The topological polar surface area (TPSA) is 109 Å². The Hall–Kier alpha value is -4.01. The summed E-state index contributed by atoms with van der Waals surface area (Å²) < 4.78 is 18.7. The Bertz CT molecular complexity index is 1320. The molecular formula is C26H30N6O3. The van der Waals surface area contributed by atoms with Crippen LogP contribution >= 0.6 is 0 Å². The third-order valence-corrected chi connectivity index (χ3v) is 6.46. The van der Waals surface area contributed by atoms with Gasteiger partial charge >= 0.3 is 0 Å². The number of aromatic nitrogens is 4. The van der Waals surface area contributed by atoms with Crippen molar-refractivity contribution in [3.8, 4) is 28.6 Å². The van der Waals surface area contributed by atoms with Gasteiger partial charge in [0.2, 0.25) is 5.75 Å². The molecule has 0 atom stereocenters. The maximum absolute atomic E-state index is 6.06. The zero-order valence-corrected chi connectivity index (χ0v) is 20.2. The SMILES string of the molecule is COc1cc(Nc2nc(-c3cccc(N)c3)nc3c2ncn3C2CCCCC2)cc(OC)c1OC. The van der Waals surface area contributed by atoms with Gasteiger partial charge in [-0.2, -0.15) is 0 Å². The van der Waals surface area contributed by atoms with Crippen LogP contribution in [0.25, 0.3) is 22.6 Å². The predicted octanol–water partition coefficient (Wildman–Crippen LogP) is 5.35. The second-order valence-electron chi connectivity index (χ2n) is 8.68. The van der Waals surface area contributed by atoms with Gasteiger partial charge in [-0.1, -0.05) is 31.4 Å². The Kier molecular flexibility index (Phi) is 6.31. The second-order valence-corrected chi connectivity index (χ2v) is 8.68. The Labute approximate surface area is 204 Å². The lowest BCUT2D eigenvalue weighted by Gasteiger charge is -2.23. The fraction of sp³-hybridized carbons (Fsp3) is 0.346. The number of nitrogen functional groups attached to an aromatic ring is 1.